The molecular weight excluding hydrogens is 429 g/mol. The van der Waals surface area contributed by atoms with Crippen LogP contribution in [0, 0.1) is 11.8 Å². The first-order valence-electron chi connectivity index (χ1n) is 10.2. The number of urea groups is 1. The van der Waals surface area contributed by atoms with Crippen molar-refractivity contribution in [1.29, 1.82) is 0 Å². The molecule has 0 saturated carbocycles. The van der Waals surface area contributed by atoms with Crippen LogP contribution in [0.1, 0.15) is 5.56 Å². The van der Waals surface area contributed by atoms with Crippen molar-refractivity contribution >= 4 is 22.9 Å². The van der Waals surface area contributed by atoms with Crippen molar-refractivity contribution in [3.8, 4) is 0 Å². The number of fused-ring (bicyclic) bond motifs is 2. The maximum absolute atomic E-state index is 11.8. The molecule has 2 saturated heterocycles. The molecule has 0 spiro atoms. The molecular formula is C21H27F3N4O4. The Balaban J connectivity index is 0.000000360. The van der Waals surface area contributed by atoms with E-state index in [9.17, 15) is 18.0 Å². The Morgan fingerprint density at radius 1 is 1.28 bits per heavy atom. The van der Waals surface area contributed by atoms with Crippen LogP contribution in [-0.2, 0) is 16.1 Å². The molecule has 3 N–H and O–H groups in total. The second kappa shape index (κ2) is 9.78. The van der Waals surface area contributed by atoms with Gasteiger partial charge in [-0.1, -0.05) is 12.1 Å². The molecule has 176 valence electrons. The van der Waals surface area contributed by atoms with Crippen molar-refractivity contribution in [2.24, 2.45) is 11.8 Å². The summed E-state index contributed by atoms with van der Waals surface area (Å²) in [5, 5.41) is 11.4. The fraction of sp³-hybridized carbons (Fsp3) is 0.524. The van der Waals surface area contributed by atoms with Gasteiger partial charge < -0.3 is 25.0 Å². The van der Waals surface area contributed by atoms with Crippen molar-refractivity contribution < 1.29 is 32.6 Å². The molecule has 11 heteroatoms. The predicted octanol–water partition coefficient (Wildman–Crippen LogP) is 2.52. The summed E-state index contributed by atoms with van der Waals surface area (Å²) in [7, 11) is 3.53. The lowest BCUT2D eigenvalue weighted by molar-refractivity contribution is -0.192. The number of halogens is 3. The summed E-state index contributed by atoms with van der Waals surface area (Å²) in [5.41, 5.74) is 2.55. The number of hydrogen-bond acceptors (Lipinski definition) is 4. The highest BCUT2D eigenvalue weighted by Gasteiger charge is 2.43. The number of likely N-dealkylation sites (tertiary alicyclic amines) is 1. The highest BCUT2D eigenvalue weighted by atomic mass is 19.4. The van der Waals surface area contributed by atoms with Crippen LogP contribution in [0.5, 0.6) is 0 Å². The van der Waals surface area contributed by atoms with Gasteiger partial charge in [-0.15, -0.1) is 0 Å². The van der Waals surface area contributed by atoms with Crippen LogP contribution in [0.15, 0.2) is 30.5 Å². The van der Waals surface area contributed by atoms with Crippen LogP contribution in [0.25, 0.3) is 10.9 Å². The third-order valence-electron chi connectivity index (χ3n) is 5.76. The van der Waals surface area contributed by atoms with Crippen molar-refractivity contribution in [3.05, 3.63) is 36.0 Å². The third kappa shape index (κ3) is 5.71. The van der Waals surface area contributed by atoms with Crippen molar-refractivity contribution in [3.63, 3.8) is 0 Å². The van der Waals surface area contributed by atoms with Crippen LogP contribution in [0.2, 0.25) is 0 Å². The number of carbonyl (C=O) groups excluding carboxylic acids is 1. The van der Waals surface area contributed by atoms with E-state index in [0.717, 1.165) is 26.2 Å². The van der Waals surface area contributed by atoms with E-state index in [1.54, 1.807) is 19.0 Å². The van der Waals surface area contributed by atoms with E-state index in [4.69, 9.17) is 14.6 Å². The molecule has 2 amide bonds. The molecule has 32 heavy (non-hydrogen) atoms. The zero-order valence-corrected chi connectivity index (χ0v) is 17.9. The molecule has 3 atom stereocenters. The maximum atomic E-state index is 11.8. The van der Waals surface area contributed by atoms with Gasteiger partial charge in [-0.05, 0) is 17.7 Å². The zero-order valence-electron chi connectivity index (χ0n) is 17.9. The summed E-state index contributed by atoms with van der Waals surface area (Å²) in [6.45, 7) is 4.41. The number of carbonyl (C=O) groups is 2. The van der Waals surface area contributed by atoms with Gasteiger partial charge >= 0.3 is 18.2 Å². The molecule has 0 unspecified atom stereocenters. The number of aromatic nitrogens is 1. The van der Waals surface area contributed by atoms with Crippen molar-refractivity contribution in [1.82, 2.24) is 20.1 Å². The lowest BCUT2D eigenvalue weighted by Gasteiger charge is -2.21. The summed E-state index contributed by atoms with van der Waals surface area (Å²) >= 11 is 0. The molecule has 2 aromatic rings. The van der Waals surface area contributed by atoms with E-state index < -0.39 is 12.1 Å². The van der Waals surface area contributed by atoms with E-state index in [1.807, 2.05) is 6.20 Å². The SMILES string of the molecule is CN(C)C(=O)NC[C@@H]1CO[C@@H]2CN(Cc3cccc4[nH]ccc34)C[C@H]12.O=C(O)C(F)(F)F. The Labute approximate surface area is 183 Å². The fourth-order valence-electron chi connectivity index (χ4n) is 4.13. The van der Waals surface area contributed by atoms with E-state index in [1.165, 1.54) is 16.5 Å². The van der Waals surface area contributed by atoms with Crippen LogP contribution in [0.4, 0.5) is 18.0 Å². The Morgan fingerprint density at radius 2 is 2.00 bits per heavy atom. The topological polar surface area (TPSA) is 97.9 Å². The quantitative estimate of drug-likeness (QED) is 0.657. The smallest absolute Gasteiger partial charge is 0.475 e. The number of nitrogens with one attached hydrogen (secondary N) is 2. The first kappa shape index (κ1) is 23.9. The summed E-state index contributed by atoms with van der Waals surface area (Å²) in [5.74, 6) is -1.85. The molecule has 0 aliphatic carbocycles. The number of aliphatic carboxylic acids is 1. The maximum Gasteiger partial charge on any atom is 0.490 e. The number of alkyl halides is 3. The number of aromatic amines is 1. The first-order valence-corrected chi connectivity index (χ1v) is 10.2. The second-order valence-electron chi connectivity index (χ2n) is 8.23. The largest absolute Gasteiger partial charge is 0.490 e. The average molecular weight is 456 g/mol. The first-order chi connectivity index (χ1) is 15.1. The highest BCUT2D eigenvalue weighted by Crippen LogP contribution is 2.34. The summed E-state index contributed by atoms with van der Waals surface area (Å²) in [6.07, 6.45) is -2.79. The standard InChI is InChI=1S/C19H26N4O2.C2HF3O2/c1-22(2)19(24)21-8-14-12-25-18-11-23(10-16(14)18)9-13-4-3-5-17-15(13)6-7-20-17;3-2(4,5)1(6)7/h3-7,14,16,18,20H,8-12H2,1-2H3,(H,21,24);(H,6,7)/t14-,16-,18-;/m1./s1. The number of nitrogens with zero attached hydrogens (tertiary/aromatic N) is 2. The minimum Gasteiger partial charge on any atom is -0.475 e. The third-order valence-corrected chi connectivity index (χ3v) is 5.76. The molecule has 0 bridgehead atoms. The van der Waals surface area contributed by atoms with Crippen LogP contribution >= 0.6 is 0 Å². The molecule has 1 aromatic carbocycles. The van der Waals surface area contributed by atoms with Gasteiger partial charge in [0.25, 0.3) is 0 Å². The lowest BCUT2D eigenvalue weighted by Crippen LogP contribution is -2.39. The van der Waals surface area contributed by atoms with Gasteiger partial charge in [0.1, 0.15) is 0 Å². The van der Waals surface area contributed by atoms with Gasteiger partial charge in [0, 0.05) is 69.2 Å². The van der Waals surface area contributed by atoms with Gasteiger partial charge in [0.2, 0.25) is 0 Å². The lowest BCUT2D eigenvalue weighted by atomic mass is 9.93. The van der Waals surface area contributed by atoms with E-state index in [-0.39, 0.29) is 6.03 Å². The Hall–Kier alpha value is -2.79. The predicted molar refractivity (Wildman–Crippen MR) is 111 cm³/mol. The minimum atomic E-state index is -5.08. The second-order valence-corrected chi connectivity index (χ2v) is 8.23. The summed E-state index contributed by atoms with van der Waals surface area (Å²) < 4.78 is 37.7. The molecule has 2 fully saturated rings. The van der Waals surface area contributed by atoms with E-state index in [2.05, 4.69) is 39.5 Å². The number of ether oxygens (including phenoxy) is 1. The van der Waals surface area contributed by atoms with Gasteiger partial charge in [0.15, 0.2) is 0 Å². The molecule has 1 aromatic heterocycles. The fourth-order valence-corrected chi connectivity index (χ4v) is 4.13. The molecule has 2 aliphatic rings. The van der Waals surface area contributed by atoms with Crippen molar-refractivity contribution in [2.75, 3.05) is 40.3 Å². The van der Waals surface area contributed by atoms with Crippen LogP contribution < -0.4 is 5.32 Å². The Bertz CT molecular complexity index is 947. The van der Waals surface area contributed by atoms with Gasteiger partial charge in [-0.25, -0.2) is 9.59 Å². The van der Waals surface area contributed by atoms with E-state index in [0.29, 0.717) is 24.5 Å². The molecule has 0 radical (unpaired) electrons. The molecule has 3 heterocycles. The minimum absolute atomic E-state index is 0.0301. The highest BCUT2D eigenvalue weighted by molar-refractivity contribution is 5.82. The normalized spacial score (nSPS) is 22.8. The summed E-state index contributed by atoms with van der Waals surface area (Å²) in [4.78, 5) is 28.0. The van der Waals surface area contributed by atoms with Crippen molar-refractivity contribution in [2.45, 2.75) is 18.8 Å². The monoisotopic (exact) mass is 456 g/mol. The number of H-pyrrole nitrogens is 1. The van der Waals surface area contributed by atoms with Gasteiger partial charge in [0.05, 0.1) is 12.7 Å². The molecule has 8 nitrogen and oxygen atoms in total. The number of hydrogen-bond donors (Lipinski definition) is 3. The Morgan fingerprint density at radius 3 is 2.66 bits per heavy atom. The Kier molecular flexibility index (Phi) is 7.29. The number of carboxylic acid groups (broad SMARTS) is 1. The van der Waals surface area contributed by atoms with Gasteiger partial charge in [-0.3, -0.25) is 4.90 Å². The molecule has 2 aliphatic heterocycles. The molecule has 4 rings (SSSR count). The zero-order chi connectivity index (χ0) is 23.5. The average Bonchev–Trinajstić information content (AvgIpc) is 3.42. The number of benzene rings is 1. The number of amides is 2. The number of carboxylic acids is 1. The van der Waals surface area contributed by atoms with Gasteiger partial charge in [-0.2, -0.15) is 13.2 Å². The number of rotatable bonds is 4. The van der Waals surface area contributed by atoms with Crippen LogP contribution in [-0.4, -0.2) is 84.5 Å². The summed E-state index contributed by atoms with van der Waals surface area (Å²) in [6, 6.07) is 8.56. The van der Waals surface area contributed by atoms with Crippen LogP contribution in [0.3, 0.4) is 0 Å². The van der Waals surface area contributed by atoms with E-state index >= 15 is 0 Å².